The molecule has 17 heavy (non-hydrogen) atoms. The summed E-state index contributed by atoms with van der Waals surface area (Å²) < 4.78 is 5.30. The molecule has 1 saturated heterocycles. The largest absolute Gasteiger partial charge is 0.378 e. The monoisotopic (exact) mass is 232 g/mol. The molecule has 1 aliphatic rings. The number of aromatic nitrogens is 5. The summed E-state index contributed by atoms with van der Waals surface area (Å²) in [5, 5.41) is 13.8. The highest BCUT2D eigenvalue weighted by Gasteiger charge is 2.17. The zero-order chi connectivity index (χ0) is 11.5. The van der Waals surface area contributed by atoms with Gasteiger partial charge in [-0.3, -0.25) is 9.99 Å². The maximum atomic E-state index is 5.30. The van der Waals surface area contributed by atoms with Crippen LogP contribution >= 0.6 is 0 Å². The van der Waals surface area contributed by atoms with E-state index >= 15 is 0 Å². The molecule has 7 nitrogen and oxygen atoms in total. The van der Waals surface area contributed by atoms with Crippen molar-refractivity contribution in [2.75, 3.05) is 31.3 Å². The molecule has 2 aromatic heterocycles. The van der Waals surface area contributed by atoms with Crippen LogP contribution in [-0.4, -0.2) is 51.6 Å². The van der Waals surface area contributed by atoms with Gasteiger partial charge in [-0.05, 0) is 22.6 Å². The molecule has 0 radical (unpaired) electrons. The van der Waals surface area contributed by atoms with Gasteiger partial charge >= 0.3 is 0 Å². The Bertz CT molecular complexity index is 479. The molecule has 0 spiro atoms. The summed E-state index contributed by atoms with van der Waals surface area (Å²) in [6, 6.07) is 5.68. The van der Waals surface area contributed by atoms with Crippen molar-refractivity contribution in [3.63, 3.8) is 0 Å². The summed E-state index contributed by atoms with van der Waals surface area (Å²) in [4.78, 5) is 5.95. The van der Waals surface area contributed by atoms with E-state index in [1.165, 1.54) is 0 Å². The molecule has 0 aliphatic carbocycles. The topological polar surface area (TPSA) is 69.0 Å². The molecule has 88 valence electrons. The Kier molecular flexibility index (Phi) is 2.66. The van der Waals surface area contributed by atoms with Crippen molar-refractivity contribution < 1.29 is 4.74 Å². The highest BCUT2D eigenvalue weighted by atomic mass is 16.5. The molecule has 7 heteroatoms. The maximum absolute atomic E-state index is 5.30. The Morgan fingerprint density at radius 2 is 2.06 bits per heavy atom. The van der Waals surface area contributed by atoms with E-state index < -0.39 is 0 Å². The van der Waals surface area contributed by atoms with E-state index in [-0.39, 0.29) is 0 Å². The Hall–Kier alpha value is -2.02. The Balaban J connectivity index is 1.93. The van der Waals surface area contributed by atoms with Gasteiger partial charge in [0, 0.05) is 6.20 Å². The predicted octanol–water partition coefficient (Wildman–Crippen LogP) is -0.297. The van der Waals surface area contributed by atoms with E-state index in [4.69, 9.17) is 4.74 Å². The minimum atomic E-state index is 0.660. The van der Waals surface area contributed by atoms with Crippen LogP contribution in [0.1, 0.15) is 0 Å². The normalized spacial score (nSPS) is 16.1. The molecule has 3 heterocycles. The van der Waals surface area contributed by atoms with Crippen LogP contribution in [-0.2, 0) is 4.74 Å². The first-order valence-corrected chi connectivity index (χ1v) is 5.48. The number of hydrogen-bond acceptors (Lipinski definition) is 6. The third kappa shape index (κ3) is 1.96. The van der Waals surface area contributed by atoms with Crippen LogP contribution in [0.2, 0.25) is 0 Å². The first-order chi connectivity index (χ1) is 8.45. The lowest BCUT2D eigenvalue weighted by Gasteiger charge is -2.28. The first-order valence-electron chi connectivity index (χ1n) is 5.48. The summed E-state index contributed by atoms with van der Waals surface area (Å²) >= 11 is 0. The zero-order valence-corrected chi connectivity index (χ0v) is 9.23. The number of rotatable bonds is 2. The van der Waals surface area contributed by atoms with Crippen molar-refractivity contribution in [2.24, 2.45) is 0 Å². The molecule has 0 amide bonds. The number of ether oxygens (including phenoxy) is 1. The second-order valence-corrected chi connectivity index (χ2v) is 3.67. The van der Waals surface area contributed by atoms with Crippen molar-refractivity contribution in [1.82, 2.24) is 25.3 Å². The lowest BCUT2D eigenvalue weighted by molar-refractivity contribution is 0.109. The average Bonchev–Trinajstić information content (AvgIpc) is 2.90. The van der Waals surface area contributed by atoms with Crippen LogP contribution in [0.3, 0.4) is 0 Å². The SMILES string of the molecule is c1ccc(-c2nnnn2N2CCOCC2)nc1. The fourth-order valence-electron chi connectivity index (χ4n) is 1.77. The van der Waals surface area contributed by atoms with E-state index in [9.17, 15) is 0 Å². The van der Waals surface area contributed by atoms with E-state index in [0.29, 0.717) is 19.0 Å². The third-order valence-corrected chi connectivity index (χ3v) is 2.60. The second-order valence-electron chi connectivity index (χ2n) is 3.67. The number of morpholine rings is 1. The second kappa shape index (κ2) is 4.46. The average molecular weight is 232 g/mol. The highest BCUT2D eigenvalue weighted by Crippen LogP contribution is 2.12. The quantitative estimate of drug-likeness (QED) is 0.708. The minimum absolute atomic E-state index is 0.660. The van der Waals surface area contributed by atoms with Gasteiger partial charge in [0.15, 0.2) is 0 Å². The van der Waals surface area contributed by atoms with E-state index in [2.05, 4.69) is 20.5 Å². The van der Waals surface area contributed by atoms with Gasteiger partial charge in [-0.25, -0.2) is 0 Å². The minimum Gasteiger partial charge on any atom is -0.378 e. The van der Waals surface area contributed by atoms with E-state index in [0.717, 1.165) is 18.8 Å². The molecule has 0 saturated carbocycles. The van der Waals surface area contributed by atoms with Crippen molar-refractivity contribution >= 4 is 0 Å². The van der Waals surface area contributed by atoms with E-state index in [1.54, 1.807) is 11.0 Å². The molecule has 0 aromatic carbocycles. The maximum Gasteiger partial charge on any atom is 0.222 e. The van der Waals surface area contributed by atoms with Crippen LogP contribution in [0.5, 0.6) is 0 Å². The van der Waals surface area contributed by atoms with Gasteiger partial charge in [-0.2, -0.15) is 0 Å². The molecular weight excluding hydrogens is 220 g/mol. The summed E-state index contributed by atoms with van der Waals surface area (Å²) in [5.41, 5.74) is 0.768. The molecule has 0 bridgehead atoms. The number of tetrazole rings is 1. The predicted molar refractivity (Wildman–Crippen MR) is 59.8 cm³/mol. The van der Waals surface area contributed by atoms with Gasteiger partial charge < -0.3 is 4.74 Å². The van der Waals surface area contributed by atoms with Gasteiger partial charge in [0.2, 0.25) is 5.82 Å². The smallest absolute Gasteiger partial charge is 0.222 e. The van der Waals surface area contributed by atoms with Crippen molar-refractivity contribution in [3.8, 4) is 11.5 Å². The molecule has 1 aliphatic heterocycles. The molecule has 3 rings (SSSR count). The van der Waals surface area contributed by atoms with Crippen LogP contribution in [0.4, 0.5) is 0 Å². The van der Waals surface area contributed by atoms with Crippen LogP contribution in [0.15, 0.2) is 24.4 Å². The molecule has 0 N–H and O–H groups in total. The van der Waals surface area contributed by atoms with Crippen LogP contribution in [0, 0.1) is 0 Å². The lowest BCUT2D eigenvalue weighted by Crippen LogP contribution is -2.45. The number of pyridine rings is 1. The fraction of sp³-hybridized carbons (Fsp3) is 0.400. The summed E-state index contributed by atoms with van der Waals surface area (Å²) in [6.07, 6.45) is 1.73. The Labute approximate surface area is 98.0 Å². The molecule has 1 fully saturated rings. The standard InChI is InChI=1S/C10H12N6O/c1-2-4-11-9(3-1)10-12-13-14-16(10)15-5-7-17-8-6-15/h1-4H,5-8H2. The van der Waals surface area contributed by atoms with Crippen LogP contribution in [0.25, 0.3) is 11.5 Å². The van der Waals surface area contributed by atoms with Crippen molar-refractivity contribution in [3.05, 3.63) is 24.4 Å². The summed E-state index contributed by atoms with van der Waals surface area (Å²) in [6.45, 7) is 2.96. The van der Waals surface area contributed by atoms with Gasteiger partial charge in [-0.15, -0.1) is 9.89 Å². The van der Waals surface area contributed by atoms with Crippen LogP contribution < -0.4 is 5.01 Å². The molecule has 0 unspecified atom stereocenters. The van der Waals surface area contributed by atoms with Gasteiger partial charge in [-0.1, -0.05) is 6.07 Å². The zero-order valence-electron chi connectivity index (χ0n) is 9.23. The van der Waals surface area contributed by atoms with Gasteiger partial charge in [0.1, 0.15) is 5.69 Å². The van der Waals surface area contributed by atoms with Gasteiger partial charge in [0.05, 0.1) is 26.3 Å². The number of nitrogens with zero attached hydrogens (tertiary/aromatic N) is 6. The Morgan fingerprint density at radius 3 is 2.82 bits per heavy atom. The highest BCUT2D eigenvalue weighted by molar-refractivity contribution is 5.48. The van der Waals surface area contributed by atoms with Gasteiger partial charge in [0.25, 0.3) is 0 Å². The Morgan fingerprint density at radius 1 is 1.18 bits per heavy atom. The summed E-state index contributed by atoms with van der Waals surface area (Å²) in [7, 11) is 0. The molecule has 2 aromatic rings. The van der Waals surface area contributed by atoms with Crippen molar-refractivity contribution in [1.29, 1.82) is 0 Å². The molecule has 0 atom stereocenters. The number of hydrogen-bond donors (Lipinski definition) is 0. The fourth-order valence-corrected chi connectivity index (χ4v) is 1.77. The summed E-state index contributed by atoms with van der Waals surface area (Å²) in [5.74, 6) is 0.660. The van der Waals surface area contributed by atoms with Crippen molar-refractivity contribution in [2.45, 2.75) is 0 Å². The van der Waals surface area contributed by atoms with E-state index in [1.807, 2.05) is 23.2 Å². The third-order valence-electron chi connectivity index (χ3n) is 2.60. The molecular formula is C10H12N6O. The lowest BCUT2D eigenvalue weighted by atomic mass is 10.3. The first kappa shape index (κ1) is 10.2.